The highest BCUT2D eigenvalue weighted by atomic mass is 15.2. The Morgan fingerprint density at radius 3 is 2.53 bits per heavy atom. The minimum absolute atomic E-state index is 0.608. The number of aromatic nitrogens is 2. The van der Waals surface area contributed by atoms with Crippen LogP contribution in [0, 0.1) is 13.8 Å². The van der Waals surface area contributed by atoms with Crippen LogP contribution in [0.25, 0.3) is 11.3 Å². The Hall–Kier alpha value is -1.94. The van der Waals surface area contributed by atoms with Crippen molar-refractivity contribution in [1.82, 2.24) is 10.2 Å². The number of hydrogen-bond donors (Lipinski definition) is 1. The molecule has 0 fully saturated rings. The quantitative estimate of drug-likeness (QED) is 0.910. The molecule has 0 atom stereocenters. The minimum Gasteiger partial charge on any atom is -0.357 e. The first-order valence-electron chi connectivity index (χ1n) is 6.44. The maximum atomic E-state index is 5.53. The second kappa shape index (κ2) is 5.80. The summed E-state index contributed by atoms with van der Waals surface area (Å²) in [5.41, 5.74) is 10.0. The fraction of sp³-hybridized carbons (Fsp3) is 0.333. The van der Waals surface area contributed by atoms with Gasteiger partial charge in [-0.2, -0.15) is 0 Å². The molecule has 0 saturated heterocycles. The van der Waals surface area contributed by atoms with E-state index in [1.807, 2.05) is 24.1 Å². The molecule has 0 amide bonds. The van der Waals surface area contributed by atoms with E-state index in [0.29, 0.717) is 6.54 Å². The van der Waals surface area contributed by atoms with E-state index in [9.17, 15) is 0 Å². The monoisotopic (exact) mass is 256 g/mol. The molecule has 19 heavy (non-hydrogen) atoms. The average Bonchev–Trinajstić information content (AvgIpc) is 2.42. The molecule has 0 spiro atoms. The van der Waals surface area contributed by atoms with Gasteiger partial charge in [0, 0.05) is 25.7 Å². The topological polar surface area (TPSA) is 55.0 Å². The van der Waals surface area contributed by atoms with Crippen LogP contribution in [-0.4, -0.2) is 30.3 Å². The summed E-state index contributed by atoms with van der Waals surface area (Å²) in [6.45, 7) is 5.55. The first-order valence-corrected chi connectivity index (χ1v) is 6.44. The van der Waals surface area contributed by atoms with Gasteiger partial charge in [-0.3, -0.25) is 0 Å². The number of nitrogens with zero attached hydrogens (tertiary/aromatic N) is 3. The third-order valence-corrected chi connectivity index (χ3v) is 3.18. The summed E-state index contributed by atoms with van der Waals surface area (Å²) in [5.74, 6) is 0.847. The van der Waals surface area contributed by atoms with Gasteiger partial charge in [0.25, 0.3) is 0 Å². The lowest BCUT2D eigenvalue weighted by atomic mass is 10.0. The van der Waals surface area contributed by atoms with Crippen LogP contribution >= 0.6 is 0 Å². The lowest BCUT2D eigenvalue weighted by molar-refractivity contribution is 0.848. The van der Waals surface area contributed by atoms with Crippen molar-refractivity contribution in [3.05, 3.63) is 41.5 Å². The molecule has 0 aliphatic rings. The summed E-state index contributed by atoms with van der Waals surface area (Å²) in [7, 11) is 1.97. The Balaban J connectivity index is 2.29. The van der Waals surface area contributed by atoms with Crippen LogP contribution in [0.5, 0.6) is 0 Å². The zero-order chi connectivity index (χ0) is 13.8. The average molecular weight is 256 g/mol. The number of aryl methyl sites for hydroxylation is 2. The number of rotatable bonds is 4. The number of benzene rings is 1. The van der Waals surface area contributed by atoms with Crippen molar-refractivity contribution in [3.63, 3.8) is 0 Å². The van der Waals surface area contributed by atoms with Gasteiger partial charge in [-0.05, 0) is 37.6 Å². The second-order valence-electron chi connectivity index (χ2n) is 4.81. The summed E-state index contributed by atoms with van der Waals surface area (Å²) < 4.78 is 0. The molecule has 1 aromatic carbocycles. The van der Waals surface area contributed by atoms with Crippen LogP contribution in [0.1, 0.15) is 11.1 Å². The van der Waals surface area contributed by atoms with Gasteiger partial charge in [0.15, 0.2) is 5.82 Å². The molecule has 0 saturated carbocycles. The van der Waals surface area contributed by atoms with Crippen LogP contribution in [0.2, 0.25) is 0 Å². The summed E-state index contributed by atoms with van der Waals surface area (Å²) >= 11 is 0. The van der Waals surface area contributed by atoms with E-state index < -0.39 is 0 Å². The van der Waals surface area contributed by atoms with Gasteiger partial charge >= 0.3 is 0 Å². The van der Waals surface area contributed by atoms with E-state index >= 15 is 0 Å². The van der Waals surface area contributed by atoms with Crippen molar-refractivity contribution in [1.29, 1.82) is 0 Å². The molecule has 4 heteroatoms. The highest BCUT2D eigenvalue weighted by Crippen LogP contribution is 2.23. The summed E-state index contributed by atoms with van der Waals surface area (Å²) in [6.07, 6.45) is 0. The fourth-order valence-corrected chi connectivity index (χ4v) is 1.99. The minimum atomic E-state index is 0.608. The van der Waals surface area contributed by atoms with E-state index in [1.54, 1.807) is 0 Å². The van der Waals surface area contributed by atoms with Crippen molar-refractivity contribution in [3.8, 4) is 11.3 Å². The molecule has 0 bridgehead atoms. The van der Waals surface area contributed by atoms with Crippen LogP contribution in [0.15, 0.2) is 30.3 Å². The number of hydrogen-bond acceptors (Lipinski definition) is 4. The predicted molar refractivity (Wildman–Crippen MR) is 79.3 cm³/mol. The zero-order valence-corrected chi connectivity index (χ0v) is 11.7. The fourth-order valence-electron chi connectivity index (χ4n) is 1.99. The van der Waals surface area contributed by atoms with Gasteiger partial charge < -0.3 is 10.6 Å². The lowest BCUT2D eigenvalue weighted by Gasteiger charge is -2.16. The summed E-state index contributed by atoms with van der Waals surface area (Å²) in [5, 5.41) is 8.59. The molecule has 1 heterocycles. The van der Waals surface area contributed by atoms with Crippen molar-refractivity contribution in [2.45, 2.75) is 13.8 Å². The highest BCUT2D eigenvalue weighted by molar-refractivity contribution is 5.64. The Morgan fingerprint density at radius 2 is 1.89 bits per heavy atom. The van der Waals surface area contributed by atoms with Crippen molar-refractivity contribution < 1.29 is 0 Å². The van der Waals surface area contributed by atoms with Gasteiger partial charge in [-0.25, -0.2) is 0 Å². The Morgan fingerprint density at radius 1 is 1.11 bits per heavy atom. The summed E-state index contributed by atoms with van der Waals surface area (Å²) in [6, 6.07) is 10.4. The predicted octanol–water partition coefficient (Wildman–Crippen LogP) is 2.16. The molecular weight excluding hydrogens is 236 g/mol. The number of nitrogens with two attached hydrogens (primary N) is 1. The molecule has 0 aliphatic carbocycles. The highest BCUT2D eigenvalue weighted by Gasteiger charge is 2.06. The Kier molecular flexibility index (Phi) is 4.12. The van der Waals surface area contributed by atoms with Crippen molar-refractivity contribution >= 4 is 5.82 Å². The molecule has 0 unspecified atom stereocenters. The largest absolute Gasteiger partial charge is 0.357 e. The van der Waals surface area contributed by atoms with Gasteiger partial charge in [0.05, 0.1) is 5.69 Å². The van der Waals surface area contributed by atoms with Gasteiger partial charge in [-0.15, -0.1) is 10.2 Å². The lowest BCUT2D eigenvalue weighted by Crippen LogP contribution is -2.25. The molecule has 2 N–H and O–H groups in total. The third kappa shape index (κ3) is 3.09. The van der Waals surface area contributed by atoms with Crippen molar-refractivity contribution in [2.24, 2.45) is 5.73 Å². The van der Waals surface area contributed by atoms with Crippen LogP contribution in [-0.2, 0) is 0 Å². The van der Waals surface area contributed by atoms with Gasteiger partial charge in [0.1, 0.15) is 0 Å². The summed E-state index contributed by atoms with van der Waals surface area (Å²) in [4.78, 5) is 2.00. The van der Waals surface area contributed by atoms with E-state index in [0.717, 1.165) is 23.6 Å². The van der Waals surface area contributed by atoms with E-state index in [1.165, 1.54) is 11.1 Å². The molecule has 100 valence electrons. The standard InChI is InChI=1S/C15H20N4/c1-11-4-5-12(2)13(10-11)14-6-7-15(18-17-14)19(3)9-8-16/h4-7,10H,8-9,16H2,1-3H3. The van der Waals surface area contributed by atoms with E-state index in [2.05, 4.69) is 42.2 Å². The molecular formula is C15H20N4. The molecule has 2 aromatic rings. The Bertz CT molecular complexity index is 549. The molecule has 1 aromatic heterocycles. The van der Waals surface area contributed by atoms with E-state index in [4.69, 9.17) is 5.73 Å². The SMILES string of the molecule is Cc1ccc(C)c(-c2ccc(N(C)CCN)nn2)c1. The first kappa shape index (κ1) is 13.5. The Labute approximate surface area is 114 Å². The molecule has 2 rings (SSSR count). The van der Waals surface area contributed by atoms with Crippen LogP contribution < -0.4 is 10.6 Å². The van der Waals surface area contributed by atoms with Gasteiger partial charge in [0.2, 0.25) is 0 Å². The number of anilines is 1. The molecule has 0 aliphatic heterocycles. The normalized spacial score (nSPS) is 10.5. The van der Waals surface area contributed by atoms with Gasteiger partial charge in [-0.1, -0.05) is 17.7 Å². The molecule has 0 radical (unpaired) electrons. The third-order valence-electron chi connectivity index (χ3n) is 3.18. The number of likely N-dealkylation sites (N-methyl/N-ethyl adjacent to an activating group) is 1. The zero-order valence-electron chi connectivity index (χ0n) is 11.7. The van der Waals surface area contributed by atoms with Crippen LogP contribution in [0.3, 0.4) is 0 Å². The first-order chi connectivity index (χ1) is 9.11. The van der Waals surface area contributed by atoms with Crippen molar-refractivity contribution in [2.75, 3.05) is 25.0 Å². The maximum absolute atomic E-state index is 5.53. The maximum Gasteiger partial charge on any atom is 0.151 e. The molecule has 4 nitrogen and oxygen atoms in total. The smallest absolute Gasteiger partial charge is 0.151 e. The van der Waals surface area contributed by atoms with E-state index in [-0.39, 0.29) is 0 Å². The van der Waals surface area contributed by atoms with Crippen LogP contribution in [0.4, 0.5) is 5.82 Å². The second-order valence-corrected chi connectivity index (χ2v) is 4.81.